The minimum atomic E-state index is -0.932. The van der Waals surface area contributed by atoms with Crippen molar-refractivity contribution in [1.82, 2.24) is 19.5 Å². The Balaban J connectivity index is 1.35. The van der Waals surface area contributed by atoms with Crippen LogP contribution in [-0.4, -0.2) is 56.2 Å². The molecule has 10 heteroatoms. The fourth-order valence-corrected chi connectivity index (χ4v) is 4.55. The van der Waals surface area contributed by atoms with Crippen molar-refractivity contribution in [3.05, 3.63) is 36.2 Å². The van der Waals surface area contributed by atoms with Crippen LogP contribution in [0.5, 0.6) is 11.8 Å². The number of nitrogens with zero attached hydrogens (tertiary/aromatic N) is 4. The van der Waals surface area contributed by atoms with Crippen LogP contribution in [0.15, 0.2) is 30.6 Å². The van der Waals surface area contributed by atoms with E-state index in [2.05, 4.69) is 15.0 Å². The zero-order chi connectivity index (χ0) is 22.9. The summed E-state index contributed by atoms with van der Waals surface area (Å²) in [5.41, 5.74) is 7.97. The molecule has 2 fully saturated rings. The molecule has 3 heterocycles. The largest absolute Gasteiger partial charge is 0.497 e. The monoisotopic (exact) mass is 455 g/mol. The molecule has 1 aromatic carbocycles. The molecule has 0 radical (unpaired) electrons. The van der Waals surface area contributed by atoms with E-state index in [9.17, 15) is 5.11 Å². The first-order chi connectivity index (χ1) is 16.0. The van der Waals surface area contributed by atoms with Gasteiger partial charge in [-0.25, -0.2) is 4.98 Å². The number of hydrogen-bond acceptors (Lipinski definition) is 9. The molecule has 0 unspecified atom stereocenters. The van der Waals surface area contributed by atoms with Crippen molar-refractivity contribution in [2.24, 2.45) is 0 Å². The maximum absolute atomic E-state index is 11.1. The Bertz CT molecular complexity index is 1120. The number of nitrogens with two attached hydrogens (primary N) is 1. The number of fused-ring (bicyclic) bond motifs is 1. The molecule has 2 aromatic heterocycles. The van der Waals surface area contributed by atoms with Gasteiger partial charge in [0.1, 0.15) is 24.1 Å². The van der Waals surface area contributed by atoms with E-state index < -0.39 is 18.4 Å². The molecule has 0 spiro atoms. The number of ether oxygens (including phenoxy) is 4. The highest BCUT2D eigenvalue weighted by Crippen LogP contribution is 2.35. The minimum absolute atomic E-state index is 0.0981. The van der Waals surface area contributed by atoms with Crippen molar-refractivity contribution in [2.75, 3.05) is 12.8 Å². The maximum Gasteiger partial charge on any atom is 0.320 e. The lowest BCUT2D eigenvalue weighted by atomic mass is 10.1. The Kier molecular flexibility index (Phi) is 6.05. The highest BCUT2D eigenvalue weighted by Gasteiger charge is 2.44. The number of rotatable bonds is 7. The van der Waals surface area contributed by atoms with Crippen LogP contribution in [0.1, 0.15) is 44.4 Å². The van der Waals surface area contributed by atoms with E-state index >= 15 is 0 Å². The SMILES string of the molecule is COc1cccc(CO[C@H]2[C@@H](O)[C@H](n3cnc4c(N)nc(OC5CCCC5)nc43)O[C@@H]2C)c1. The van der Waals surface area contributed by atoms with Gasteiger partial charge in [0.15, 0.2) is 23.2 Å². The molecule has 4 atom stereocenters. The van der Waals surface area contributed by atoms with E-state index in [1.165, 1.54) is 0 Å². The summed E-state index contributed by atoms with van der Waals surface area (Å²) in [6.07, 6.45) is 3.35. The topological polar surface area (TPSA) is 127 Å². The average Bonchev–Trinajstić information content (AvgIpc) is 3.53. The third-order valence-electron chi connectivity index (χ3n) is 6.30. The number of nitrogen functional groups attached to an aromatic ring is 1. The number of imidazole rings is 1. The molecule has 1 saturated carbocycles. The first-order valence-electron chi connectivity index (χ1n) is 11.3. The van der Waals surface area contributed by atoms with Crippen molar-refractivity contribution < 1.29 is 24.1 Å². The number of aromatic nitrogens is 4. The van der Waals surface area contributed by atoms with Crippen LogP contribution in [0.4, 0.5) is 5.82 Å². The molecule has 3 N–H and O–H groups in total. The van der Waals surface area contributed by atoms with Crippen molar-refractivity contribution in [2.45, 2.75) is 69.9 Å². The Hall–Kier alpha value is -2.95. The molecule has 10 nitrogen and oxygen atoms in total. The molecule has 0 amide bonds. The Labute approximate surface area is 191 Å². The van der Waals surface area contributed by atoms with E-state index in [-0.39, 0.29) is 24.0 Å². The maximum atomic E-state index is 11.1. The van der Waals surface area contributed by atoms with Crippen LogP contribution in [0, 0.1) is 0 Å². The van der Waals surface area contributed by atoms with Crippen LogP contribution in [0.25, 0.3) is 11.2 Å². The number of aliphatic hydroxyl groups excluding tert-OH is 1. The van der Waals surface area contributed by atoms with Gasteiger partial charge in [0, 0.05) is 0 Å². The van der Waals surface area contributed by atoms with Crippen LogP contribution in [0.3, 0.4) is 0 Å². The third-order valence-corrected chi connectivity index (χ3v) is 6.30. The van der Waals surface area contributed by atoms with E-state index in [0.717, 1.165) is 37.0 Å². The van der Waals surface area contributed by atoms with E-state index in [0.29, 0.717) is 17.8 Å². The molecule has 5 rings (SSSR count). The van der Waals surface area contributed by atoms with E-state index in [1.807, 2.05) is 31.2 Å². The zero-order valence-electron chi connectivity index (χ0n) is 18.8. The predicted octanol–water partition coefficient (Wildman–Crippen LogP) is 2.60. The second-order valence-corrected chi connectivity index (χ2v) is 8.59. The van der Waals surface area contributed by atoms with Gasteiger partial charge >= 0.3 is 6.01 Å². The number of anilines is 1. The number of methoxy groups -OCH3 is 1. The fourth-order valence-electron chi connectivity index (χ4n) is 4.55. The predicted molar refractivity (Wildman–Crippen MR) is 120 cm³/mol. The normalized spacial score (nSPS) is 25.7. The lowest BCUT2D eigenvalue weighted by Crippen LogP contribution is -2.33. The first kappa shape index (κ1) is 21.9. The van der Waals surface area contributed by atoms with Gasteiger partial charge < -0.3 is 29.8 Å². The summed E-state index contributed by atoms with van der Waals surface area (Å²) in [6.45, 7) is 2.19. The second kappa shape index (κ2) is 9.12. The first-order valence-corrected chi connectivity index (χ1v) is 11.3. The summed E-state index contributed by atoms with van der Waals surface area (Å²) < 4.78 is 25.0. The number of hydrogen-bond donors (Lipinski definition) is 2. The van der Waals surface area contributed by atoms with E-state index in [1.54, 1.807) is 18.0 Å². The van der Waals surface area contributed by atoms with Crippen molar-refractivity contribution in [3.8, 4) is 11.8 Å². The van der Waals surface area contributed by atoms with Gasteiger partial charge in [-0.15, -0.1) is 0 Å². The van der Waals surface area contributed by atoms with Crippen molar-refractivity contribution in [1.29, 1.82) is 0 Å². The van der Waals surface area contributed by atoms with Gasteiger partial charge in [0.2, 0.25) is 0 Å². The quantitative estimate of drug-likeness (QED) is 0.552. The number of aliphatic hydroxyl groups is 1. The summed E-state index contributed by atoms with van der Waals surface area (Å²) in [6, 6.07) is 7.84. The second-order valence-electron chi connectivity index (χ2n) is 8.59. The summed E-state index contributed by atoms with van der Waals surface area (Å²) in [5, 5.41) is 11.1. The van der Waals surface area contributed by atoms with Crippen LogP contribution in [0.2, 0.25) is 0 Å². The number of benzene rings is 1. The van der Waals surface area contributed by atoms with Gasteiger partial charge in [-0.1, -0.05) is 12.1 Å². The van der Waals surface area contributed by atoms with Gasteiger partial charge in [-0.3, -0.25) is 4.57 Å². The molecule has 1 saturated heterocycles. The molecule has 176 valence electrons. The summed E-state index contributed by atoms with van der Waals surface area (Å²) >= 11 is 0. The molecule has 3 aromatic rings. The standard InChI is InChI=1S/C23H29N5O5/c1-13-19(31-11-14-6-5-9-16(10-14)30-2)18(29)22(32-13)28-12-25-17-20(24)26-23(27-21(17)28)33-15-7-3-4-8-15/h5-6,9-10,12-13,15,18-19,22,29H,3-4,7-8,11H2,1-2H3,(H2,24,26,27)/t13-,18-,19-,22-/m1/s1. The highest BCUT2D eigenvalue weighted by atomic mass is 16.6. The Morgan fingerprint density at radius 3 is 2.85 bits per heavy atom. The van der Waals surface area contributed by atoms with Gasteiger partial charge in [0.05, 0.1) is 26.1 Å². The molecule has 33 heavy (non-hydrogen) atoms. The summed E-state index contributed by atoms with van der Waals surface area (Å²) in [5.74, 6) is 0.987. The van der Waals surface area contributed by atoms with Gasteiger partial charge in [-0.05, 0) is 50.3 Å². The van der Waals surface area contributed by atoms with Gasteiger partial charge in [0.25, 0.3) is 0 Å². The smallest absolute Gasteiger partial charge is 0.320 e. The Morgan fingerprint density at radius 2 is 2.06 bits per heavy atom. The van der Waals surface area contributed by atoms with Crippen molar-refractivity contribution in [3.63, 3.8) is 0 Å². The summed E-state index contributed by atoms with van der Waals surface area (Å²) in [4.78, 5) is 13.1. The molecular formula is C23H29N5O5. The van der Waals surface area contributed by atoms with E-state index in [4.69, 9.17) is 24.7 Å². The molecule has 2 aliphatic rings. The van der Waals surface area contributed by atoms with Crippen LogP contribution in [-0.2, 0) is 16.1 Å². The average molecular weight is 456 g/mol. The van der Waals surface area contributed by atoms with Crippen molar-refractivity contribution >= 4 is 17.0 Å². The molecule has 1 aliphatic carbocycles. The zero-order valence-corrected chi connectivity index (χ0v) is 18.8. The fraction of sp³-hybridized carbons (Fsp3) is 0.522. The highest BCUT2D eigenvalue weighted by molar-refractivity contribution is 5.82. The molecule has 0 bridgehead atoms. The Morgan fingerprint density at radius 1 is 1.24 bits per heavy atom. The minimum Gasteiger partial charge on any atom is -0.497 e. The molecular weight excluding hydrogens is 426 g/mol. The van der Waals surface area contributed by atoms with Crippen LogP contribution >= 0.6 is 0 Å². The molecule has 1 aliphatic heterocycles. The lowest BCUT2D eigenvalue weighted by molar-refractivity contribution is -0.0425. The third kappa shape index (κ3) is 4.33. The summed E-state index contributed by atoms with van der Waals surface area (Å²) in [7, 11) is 1.62. The lowest BCUT2D eigenvalue weighted by Gasteiger charge is -2.20. The van der Waals surface area contributed by atoms with Gasteiger partial charge in [-0.2, -0.15) is 9.97 Å². The van der Waals surface area contributed by atoms with Crippen LogP contribution < -0.4 is 15.2 Å².